The molecule has 0 radical (unpaired) electrons. The second-order valence-electron chi connectivity index (χ2n) is 17.1. The van der Waals surface area contributed by atoms with Crippen molar-refractivity contribution in [3.8, 4) is 0 Å². The lowest BCUT2D eigenvalue weighted by molar-refractivity contribution is -0.870. The molecule has 0 aliphatic carbocycles. The summed E-state index contributed by atoms with van der Waals surface area (Å²) < 4.78 is 23.1. The van der Waals surface area contributed by atoms with E-state index in [0.717, 1.165) is 64.2 Å². The Hall–Kier alpha value is -1.80. The number of nitrogens with one attached hydrogen (secondary N) is 1. The number of amides is 1. The highest BCUT2D eigenvalue weighted by Gasteiger charge is 2.23. The number of carbonyl (C=O) groups excluding carboxylic acids is 1. The Morgan fingerprint density at radius 2 is 1.05 bits per heavy atom. The van der Waals surface area contributed by atoms with Gasteiger partial charge in [-0.2, -0.15) is 0 Å². The first-order chi connectivity index (χ1) is 28.0. The molecule has 0 saturated heterocycles. The van der Waals surface area contributed by atoms with Crippen molar-refractivity contribution in [1.82, 2.24) is 5.32 Å². The third-order valence-electron chi connectivity index (χ3n) is 10.2. The molecule has 2 N–H and O–H groups in total. The molecule has 9 heteroatoms. The van der Waals surface area contributed by atoms with Gasteiger partial charge in [-0.1, -0.05) is 190 Å². The lowest BCUT2D eigenvalue weighted by Gasteiger charge is -2.29. The molecule has 1 amide bonds. The minimum Gasteiger partial charge on any atom is -0.756 e. The fourth-order valence-corrected chi connectivity index (χ4v) is 7.22. The highest BCUT2D eigenvalue weighted by Crippen LogP contribution is 2.38. The number of quaternary nitrogens is 1. The Labute approximate surface area is 358 Å². The van der Waals surface area contributed by atoms with Crippen LogP contribution in [0.2, 0.25) is 0 Å². The van der Waals surface area contributed by atoms with Crippen LogP contribution in [0.5, 0.6) is 0 Å². The third kappa shape index (κ3) is 42.3. The van der Waals surface area contributed by atoms with Gasteiger partial charge in [0.1, 0.15) is 13.2 Å². The maximum absolute atomic E-state index is 12.8. The van der Waals surface area contributed by atoms with E-state index in [1.165, 1.54) is 109 Å². The summed E-state index contributed by atoms with van der Waals surface area (Å²) in [6.45, 7) is 4.49. The van der Waals surface area contributed by atoms with Gasteiger partial charge in [0.05, 0.1) is 39.9 Å². The number of nitrogens with zero attached hydrogens (tertiary/aromatic N) is 1. The first-order valence-electron chi connectivity index (χ1n) is 23.7. The van der Waals surface area contributed by atoms with E-state index >= 15 is 0 Å². The Balaban J connectivity index is 4.12. The topological polar surface area (TPSA) is 108 Å². The SMILES string of the molecule is CC/C=C\C/C=C\C/C=C\C/C=C\CCCCCCCCCCCCCCCCC(=O)NC(COP(=O)([O-])OCC[N+](C)(C)C)C(O)/C=C/CCCCCCCCC. The number of aliphatic hydroxyl groups is 1. The summed E-state index contributed by atoms with van der Waals surface area (Å²) in [5.74, 6) is -0.203. The van der Waals surface area contributed by atoms with E-state index in [1.54, 1.807) is 6.08 Å². The number of allylic oxidation sites excluding steroid dienone is 9. The number of likely N-dealkylation sites (N-methyl/N-ethyl adjacent to an activating group) is 1. The molecule has 0 rings (SSSR count). The average molecular weight is 835 g/mol. The molecular formula is C49H91N2O6P. The van der Waals surface area contributed by atoms with Gasteiger partial charge in [-0.15, -0.1) is 0 Å². The molecule has 8 nitrogen and oxygen atoms in total. The van der Waals surface area contributed by atoms with Crippen LogP contribution in [0.4, 0.5) is 0 Å². The van der Waals surface area contributed by atoms with Crippen molar-refractivity contribution in [2.45, 2.75) is 206 Å². The minimum atomic E-state index is -4.58. The zero-order valence-electron chi connectivity index (χ0n) is 38.2. The Kier molecular flexibility index (Phi) is 39.3. The summed E-state index contributed by atoms with van der Waals surface area (Å²) in [4.78, 5) is 25.3. The number of phosphoric ester groups is 1. The molecule has 0 aromatic rings. The summed E-state index contributed by atoms with van der Waals surface area (Å²) >= 11 is 0. The lowest BCUT2D eigenvalue weighted by Crippen LogP contribution is -2.45. The molecule has 3 unspecified atom stereocenters. The van der Waals surface area contributed by atoms with Gasteiger partial charge in [-0.3, -0.25) is 9.36 Å². The van der Waals surface area contributed by atoms with Crippen molar-refractivity contribution >= 4 is 13.7 Å². The van der Waals surface area contributed by atoms with Crippen LogP contribution in [0, 0.1) is 0 Å². The summed E-state index contributed by atoms with van der Waals surface area (Å²) in [7, 11) is 1.25. The first kappa shape index (κ1) is 56.2. The quantitative estimate of drug-likeness (QED) is 0.0274. The van der Waals surface area contributed by atoms with Crippen LogP contribution in [0.1, 0.15) is 194 Å². The van der Waals surface area contributed by atoms with Gasteiger partial charge in [0.15, 0.2) is 0 Å². The van der Waals surface area contributed by atoms with Crippen molar-refractivity contribution < 1.29 is 32.9 Å². The molecule has 0 aromatic carbocycles. The van der Waals surface area contributed by atoms with E-state index in [9.17, 15) is 19.4 Å². The molecule has 0 heterocycles. The maximum Gasteiger partial charge on any atom is 0.268 e. The van der Waals surface area contributed by atoms with Crippen LogP contribution in [-0.4, -0.2) is 68.5 Å². The van der Waals surface area contributed by atoms with Crippen LogP contribution in [0.15, 0.2) is 60.8 Å². The smallest absolute Gasteiger partial charge is 0.268 e. The average Bonchev–Trinajstić information content (AvgIpc) is 3.17. The fraction of sp³-hybridized carbons (Fsp3) is 0.776. The van der Waals surface area contributed by atoms with Gasteiger partial charge in [0.2, 0.25) is 5.91 Å². The van der Waals surface area contributed by atoms with Crippen LogP contribution in [0.25, 0.3) is 0 Å². The molecule has 0 aromatic heterocycles. The highest BCUT2D eigenvalue weighted by molar-refractivity contribution is 7.45. The lowest BCUT2D eigenvalue weighted by atomic mass is 10.0. The van der Waals surface area contributed by atoms with Crippen LogP contribution < -0.4 is 10.2 Å². The molecule has 338 valence electrons. The van der Waals surface area contributed by atoms with Crippen molar-refractivity contribution in [2.75, 3.05) is 40.9 Å². The summed E-state index contributed by atoms with van der Waals surface area (Å²) in [5.41, 5.74) is 0. The number of aliphatic hydroxyl groups excluding tert-OH is 1. The van der Waals surface area contributed by atoms with E-state index in [4.69, 9.17) is 9.05 Å². The zero-order chi connectivity index (χ0) is 42.8. The number of carbonyl (C=O) groups is 1. The molecule has 0 spiro atoms. The Morgan fingerprint density at radius 3 is 1.53 bits per heavy atom. The summed E-state index contributed by atoms with van der Waals surface area (Å²) in [5, 5.41) is 13.7. The van der Waals surface area contributed by atoms with Gasteiger partial charge < -0.3 is 28.8 Å². The fourth-order valence-electron chi connectivity index (χ4n) is 6.50. The Morgan fingerprint density at radius 1 is 0.621 bits per heavy atom. The predicted molar refractivity (Wildman–Crippen MR) is 247 cm³/mol. The van der Waals surface area contributed by atoms with Crippen molar-refractivity contribution in [3.63, 3.8) is 0 Å². The van der Waals surface area contributed by atoms with Crippen LogP contribution in [-0.2, 0) is 18.4 Å². The van der Waals surface area contributed by atoms with Crippen LogP contribution >= 0.6 is 7.82 Å². The number of rotatable bonds is 42. The molecule has 3 atom stereocenters. The van der Waals surface area contributed by atoms with Crippen molar-refractivity contribution in [2.24, 2.45) is 0 Å². The molecule has 0 aliphatic heterocycles. The van der Waals surface area contributed by atoms with Gasteiger partial charge >= 0.3 is 0 Å². The number of phosphoric acid groups is 1. The molecule has 0 bridgehead atoms. The van der Waals surface area contributed by atoms with E-state index in [2.05, 4.69) is 67.8 Å². The first-order valence-corrected chi connectivity index (χ1v) is 25.1. The van der Waals surface area contributed by atoms with E-state index in [1.807, 2.05) is 27.2 Å². The molecule has 0 aliphatic rings. The predicted octanol–water partition coefficient (Wildman–Crippen LogP) is 12.8. The van der Waals surface area contributed by atoms with Gasteiger partial charge in [0.25, 0.3) is 7.82 Å². The number of hydrogen-bond acceptors (Lipinski definition) is 6. The normalized spacial score (nSPS) is 14.8. The van der Waals surface area contributed by atoms with E-state index in [0.29, 0.717) is 17.4 Å². The number of hydrogen-bond donors (Lipinski definition) is 2. The molecule has 58 heavy (non-hydrogen) atoms. The largest absolute Gasteiger partial charge is 0.756 e. The third-order valence-corrected chi connectivity index (χ3v) is 11.2. The minimum absolute atomic E-state index is 0.00280. The van der Waals surface area contributed by atoms with E-state index in [-0.39, 0.29) is 19.1 Å². The molecule has 0 saturated carbocycles. The standard InChI is InChI=1S/C49H91N2O6P/c1-6-8-10-12-14-16-17-18-19-20-21-22-23-24-25-26-27-28-29-30-31-32-33-35-37-39-41-43-49(53)50-47(46-57-58(54,55)56-45-44-51(3,4)5)48(52)42-40-38-36-34-15-13-11-9-7-2/h8,10,14,16,18-19,21-22,40,42,47-48,52H,6-7,9,11-13,15,17,20,23-39,41,43-46H2,1-5H3,(H-,50,53,54,55)/b10-8-,16-14-,19-18-,22-21-,42-40+. The van der Waals surface area contributed by atoms with Crippen molar-refractivity contribution in [3.05, 3.63) is 60.8 Å². The maximum atomic E-state index is 12.8. The van der Waals surface area contributed by atoms with Crippen molar-refractivity contribution in [1.29, 1.82) is 0 Å². The second kappa shape index (κ2) is 40.6. The second-order valence-corrected chi connectivity index (χ2v) is 18.5. The van der Waals surface area contributed by atoms with Gasteiger partial charge in [-0.05, 0) is 57.8 Å². The van der Waals surface area contributed by atoms with E-state index < -0.39 is 20.0 Å². The molecular weight excluding hydrogens is 744 g/mol. The van der Waals surface area contributed by atoms with Crippen LogP contribution in [0.3, 0.4) is 0 Å². The summed E-state index contributed by atoms with van der Waals surface area (Å²) in [6.07, 6.45) is 52.9. The van der Waals surface area contributed by atoms with Gasteiger partial charge in [-0.25, -0.2) is 0 Å². The zero-order valence-corrected chi connectivity index (χ0v) is 39.1. The summed E-state index contributed by atoms with van der Waals surface area (Å²) in [6, 6.07) is -0.885. The van der Waals surface area contributed by atoms with Gasteiger partial charge in [0, 0.05) is 6.42 Å². The Bertz CT molecular complexity index is 1130. The monoisotopic (exact) mass is 835 g/mol. The molecule has 0 fully saturated rings. The number of unbranched alkanes of at least 4 members (excludes halogenated alkanes) is 21. The highest BCUT2D eigenvalue weighted by atomic mass is 31.2.